The molecular formula is C17H19N3O7S. The number of hydrogen-bond donors (Lipinski definition) is 1. The maximum Gasteiger partial charge on any atom is 0.271 e. The lowest BCUT2D eigenvalue weighted by Crippen LogP contribution is -2.37. The first-order valence-corrected chi connectivity index (χ1v) is 9.74. The number of nitrogens with zero attached hydrogens (tertiary/aromatic N) is 2. The van der Waals surface area contributed by atoms with Crippen LogP contribution in [-0.2, 0) is 14.8 Å². The van der Waals surface area contributed by atoms with Crippen molar-refractivity contribution in [3.05, 3.63) is 52.6 Å². The fourth-order valence-electron chi connectivity index (χ4n) is 2.40. The second kappa shape index (κ2) is 8.57. The van der Waals surface area contributed by atoms with Crippen molar-refractivity contribution in [1.29, 1.82) is 0 Å². The monoisotopic (exact) mass is 409 g/mol. The highest BCUT2D eigenvalue weighted by molar-refractivity contribution is 7.92. The molecule has 2 rings (SSSR count). The maximum absolute atomic E-state index is 12.4. The van der Waals surface area contributed by atoms with E-state index in [2.05, 4.69) is 5.32 Å². The zero-order valence-electron chi connectivity index (χ0n) is 15.4. The molecule has 11 heteroatoms. The summed E-state index contributed by atoms with van der Waals surface area (Å²) < 4.78 is 35.5. The van der Waals surface area contributed by atoms with Crippen molar-refractivity contribution in [3.63, 3.8) is 0 Å². The highest BCUT2D eigenvalue weighted by atomic mass is 32.2. The van der Waals surface area contributed by atoms with E-state index < -0.39 is 27.4 Å². The van der Waals surface area contributed by atoms with Crippen LogP contribution in [0.3, 0.4) is 0 Å². The third kappa shape index (κ3) is 5.10. The number of nitrogens with one attached hydrogen (secondary N) is 1. The van der Waals surface area contributed by atoms with Crippen LogP contribution in [-0.4, -0.2) is 46.3 Å². The Morgan fingerprint density at radius 1 is 1.18 bits per heavy atom. The summed E-state index contributed by atoms with van der Waals surface area (Å²) in [4.78, 5) is 22.8. The molecule has 0 heterocycles. The van der Waals surface area contributed by atoms with E-state index in [-0.39, 0.29) is 17.1 Å². The van der Waals surface area contributed by atoms with Gasteiger partial charge in [-0.15, -0.1) is 0 Å². The van der Waals surface area contributed by atoms with Crippen LogP contribution in [0.1, 0.15) is 0 Å². The molecule has 0 atom stereocenters. The quantitative estimate of drug-likeness (QED) is 0.522. The number of anilines is 2. The molecule has 28 heavy (non-hydrogen) atoms. The van der Waals surface area contributed by atoms with Crippen LogP contribution in [0.2, 0.25) is 0 Å². The molecule has 0 aromatic heterocycles. The van der Waals surface area contributed by atoms with Crippen molar-refractivity contribution >= 4 is 33.0 Å². The van der Waals surface area contributed by atoms with Gasteiger partial charge in [-0.05, 0) is 18.2 Å². The van der Waals surface area contributed by atoms with Crippen molar-refractivity contribution in [1.82, 2.24) is 0 Å². The van der Waals surface area contributed by atoms with Crippen molar-refractivity contribution in [3.8, 4) is 11.5 Å². The van der Waals surface area contributed by atoms with E-state index in [1.54, 1.807) is 24.3 Å². The Balaban J connectivity index is 2.36. The summed E-state index contributed by atoms with van der Waals surface area (Å²) >= 11 is 0. The minimum absolute atomic E-state index is 0.0743. The molecular weight excluding hydrogens is 390 g/mol. The Hall–Kier alpha value is -3.34. The highest BCUT2D eigenvalue weighted by Crippen LogP contribution is 2.33. The molecule has 1 N–H and O–H groups in total. The molecule has 10 nitrogen and oxygen atoms in total. The van der Waals surface area contributed by atoms with Crippen LogP contribution in [0.5, 0.6) is 11.5 Å². The van der Waals surface area contributed by atoms with Crippen LogP contribution in [0.4, 0.5) is 17.1 Å². The van der Waals surface area contributed by atoms with E-state index in [1.807, 2.05) is 0 Å². The lowest BCUT2D eigenvalue weighted by atomic mass is 10.2. The van der Waals surface area contributed by atoms with Gasteiger partial charge in [0.05, 0.1) is 25.4 Å². The summed E-state index contributed by atoms with van der Waals surface area (Å²) in [6.45, 7) is -0.604. The summed E-state index contributed by atoms with van der Waals surface area (Å²) in [6.07, 6.45) is 0.893. The van der Waals surface area contributed by atoms with Gasteiger partial charge in [0.25, 0.3) is 5.69 Å². The molecule has 1 amide bonds. The van der Waals surface area contributed by atoms with Crippen LogP contribution < -0.4 is 19.1 Å². The number of benzene rings is 2. The third-order valence-electron chi connectivity index (χ3n) is 3.68. The molecule has 0 aliphatic rings. The van der Waals surface area contributed by atoms with Gasteiger partial charge >= 0.3 is 0 Å². The normalized spacial score (nSPS) is 10.8. The lowest BCUT2D eigenvalue weighted by molar-refractivity contribution is -0.384. The molecule has 0 aliphatic carbocycles. The smallest absolute Gasteiger partial charge is 0.271 e. The predicted molar refractivity (Wildman–Crippen MR) is 103 cm³/mol. The van der Waals surface area contributed by atoms with Crippen molar-refractivity contribution < 1.29 is 27.6 Å². The molecule has 0 unspecified atom stereocenters. The summed E-state index contributed by atoms with van der Waals surface area (Å²) in [7, 11) is -1.18. The Kier molecular flexibility index (Phi) is 6.41. The van der Waals surface area contributed by atoms with Gasteiger partial charge in [-0.25, -0.2) is 8.42 Å². The number of methoxy groups -OCH3 is 2. The summed E-state index contributed by atoms with van der Waals surface area (Å²) in [6, 6.07) is 10.0. The number of carbonyl (C=O) groups is 1. The van der Waals surface area contributed by atoms with Crippen molar-refractivity contribution in [2.45, 2.75) is 0 Å². The fraction of sp³-hybridized carbons (Fsp3) is 0.235. The largest absolute Gasteiger partial charge is 0.497 e. The summed E-state index contributed by atoms with van der Waals surface area (Å²) in [5.41, 5.74) is -0.0403. The molecule has 0 saturated heterocycles. The minimum Gasteiger partial charge on any atom is -0.497 e. The Labute approximate surface area is 161 Å². The second-order valence-electron chi connectivity index (χ2n) is 5.66. The molecule has 0 saturated carbocycles. The molecule has 0 radical (unpaired) electrons. The standard InChI is InChI=1S/C17H19N3O7S/c1-26-14-6-4-5-12(9-14)18-17(21)11-19(28(3,24)25)15-10-13(20(22)23)7-8-16(15)27-2/h4-10H,11H2,1-3H3,(H,18,21). The van der Waals surface area contributed by atoms with E-state index in [0.717, 1.165) is 16.6 Å². The Morgan fingerprint density at radius 3 is 2.46 bits per heavy atom. The molecule has 0 spiro atoms. The number of non-ortho nitro benzene ring substituents is 1. The first-order valence-electron chi connectivity index (χ1n) is 7.89. The zero-order valence-corrected chi connectivity index (χ0v) is 16.2. The molecule has 0 fully saturated rings. The Bertz CT molecular complexity index is 992. The van der Waals surface area contributed by atoms with E-state index in [1.165, 1.54) is 26.4 Å². The van der Waals surface area contributed by atoms with Gasteiger partial charge in [0.1, 0.15) is 23.7 Å². The number of amides is 1. The average molecular weight is 409 g/mol. The number of ether oxygens (including phenoxy) is 2. The van der Waals surface area contributed by atoms with Gasteiger partial charge in [0.2, 0.25) is 15.9 Å². The molecule has 0 aliphatic heterocycles. The maximum atomic E-state index is 12.4. The number of sulfonamides is 1. The minimum atomic E-state index is -3.95. The van der Waals surface area contributed by atoms with E-state index in [0.29, 0.717) is 11.4 Å². The molecule has 2 aromatic carbocycles. The number of hydrogen-bond acceptors (Lipinski definition) is 7. The molecule has 0 bridgehead atoms. The number of carbonyl (C=O) groups excluding carboxylic acids is 1. The van der Waals surface area contributed by atoms with Crippen molar-refractivity contribution in [2.24, 2.45) is 0 Å². The summed E-state index contributed by atoms with van der Waals surface area (Å²) in [5.74, 6) is -0.0597. The third-order valence-corrected chi connectivity index (χ3v) is 4.81. The number of rotatable bonds is 8. The van der Waals surface area contributed by atoms with Gasteiger partial charge < -0.3 is 14.8 Å². The van der Waals surface area contributed by atoms with Gasteiger partial charge in [0.15, 0.2) is 0 Å². The SMILES string of the molecule is COc1cccc(NC(=O)CN(c2cc([N+](=O)[O-])ccc2OC)S(C)(=O)=O)c1. The van der Waals surface area contributed by atoms with Crippen LogP contribution in [0, 0.1) is 10.1 Å². The van der Waals surface area contributed by atoms with Gasteiger partial charge in [-0.3, -0.25) is 19.2 Å². The first-order chi connectivity index (χ1) is 13.2. The molecule has 2 aromatic rings. The number of nitro benzene ring substituents is 1. The fourth-order valence-corrected chi connectivity index (χ4v) is 3.25. The van der Waals surface area contributed by atoms with Crippen LogP contribution >= 0.6 is 0 Å². The van der Waals surface area contributed by atoms with Crippen molar-refractivity contribution in [2.75, 3.05) is 36.6 Å². The van der Waals surface area contributed by atoms with Gasteiger partial charge in [0, 0.05) is 23.9 Å². The first kappa shape index (κ1) is 21.0. The van der Waals surface area contributed by atoms with E-state index in [4.69, 9.17) is 9.47 Å². The average Bonchev–Trinajstić information content (AvgIpc) is 2.64. The van der Waals surface area contributed by atoms with E-state index >= 15 is 0 Å². The predicted octanol–water partition coefficient (Wildman–Crippen LogP) is 2.02. The number of nitro groups is 1. The topological polar surface area (TPSA) is 128 Å². The molecule has 150 valence electrons. The zero-order chi connectivity index (χ0) is 20.9. The van der Waals surface area contributed by atoms with Crippen LogP contribution in [0.25, 0.3) is 0 Å². The van der Waals surface area contributed by atoms with Gasteiger partial charge in [-0.2, -0.15) is 0 Å². The lowest BCUT2D eigenvalue weighted by Gasteiger charge is -2.23. The Morgan fingerprint density at radius 2 is 1.89 bits per heavy atom. The van der Waals surface area contributed by atoms with Gasteiger partial charge in [-0.1, -0.05) is 6.07 Å². The highest BCUT2D eigenvalue weighted by Gasteiger charge is 2.26. The second-order valence-corrected chi connectivity index (χ2v) is 7.57. The van der Waals surface area contributed by atoms with E-state index in [9.17, 15) is 23.3 Å². The summed E-state index contributed by atoms with van der Waals surface area (Å²) in [5, 5.41) is 13.6. The van der Waals surface area contributed by atoms with Crippen LogP contribution in [0.15, 0.2) is 42.5 Å².